The van der Waals surface area contributed by atoms with Gasteiger partial charge in [-0.2, -0.15) is 0 Å². The molecule has 0 amide bonds. The molecule has 0 aliphatic heterocycles. The number of aryl methyl sites for hydroxylation is 2. The minimum atomic E-state index is 0.472. The molecule has 1 saturated carbocycles. The van der Waals surface area contributed by atoms with Crippen LogP contribution in [0.3, 0.4) is 0 Å². The number of rotatable bonds is 3. The van der Waals surface area contributed by atoms with E-state index in [1.807, 2.05) is 0 Å². The van der Waals surface area contributed by atoms with Gasteiger partial charge in [0.2, 0.25) is 0 Å². The molecular formula is C16H25N. The normalized spacial score (nSPS) is 26.1. The van der Waals surface area contributed by atoms with E-state index >= 15 is 0 Å². The second kappa shape index (κ2) is 5.22. The summed E-state index contributed by atoms with van der Waals surface area (Å²) in [6.07, 6.45) is 4.12. The van der Waals surface area contributed by atoms with Crippen molar-refractivity contribution >= 4 is 0 Å². The fraction of sp³-hybridized carbons (Fsp3) is 0.625. The summed E-state index contributed by atoms with van der Waals surface area (Å²) in [5.74, 6) is 0.837. The maximum absolute atomic E-state index is 3.79. The molecule has 1 aliphatic rings. The van der Waals surface area contributed by atoms with Crippen LogP contribution in [-0.2, 0) is 0 Å². The van der Waals surface area contributed by atoms with Crippen LogP contribution in [-0.4, -0.2) is 6.04 Å². The summed E-state index contributed by atoms with van der Waals surface area (Å²) in [5, 5.41) is 3.79. The van der Waals surface area contributed by atoms with Crippen LogP contribution < -0.4 is 5.32 Å². The minimum absolute atomic E-state index is 0.472. The fourth-order valence-corrected chi connectivity index (χ4v) is 2.84. The average Bonchev–Trinajstić information content (AvgIpc) is 2.68. The highest BCUT2D eigenvalue weighted by Gasteiger charge is 2.24. The zero-order valence-electron chi connectivity index (χ0n) is 11.6. The molecule has 0 heterocycles. The van der Waals surface area contributed by atoms with Crippen molar-refractivity contribution in [2.45, 2.75) is 59.0 Å². The van der Waals surface area contributed by atoms with E-state index in [0.29, 0.717) is 12.1 Å². The smallest absolute Gasteiger partial charge is 0.0294 e. The maximum Gasteiger partial charge on any atom is 0.0294 e. The van der Waals surface area contributed by atoms with E-state index in [1.54, 1.807) is 0 Å². The molecule has 17 heavy (non-hydrogen) atoms. The van der Waals surface area contributed by atoms with Crippen molar-refractivity contribution in [2.24, 2.45) is 5.92 Å². The van der Waals surface area contributed by atoms with Gasteiger partial charge < -0.3 is 5.32 Å². The molecule has 1 nitrogen and oxygen atoms in total. The third-order valence-corrected chi connectivity index (χ3v) is 4.36. The lowest BCUT2D eigenvalue weighted by atomic mass is 9.99. The Morgan fingerprint density at radius 3 is 2.53 bits per heavy atom. The van der Waals surface area contributed by atoms with Gasteiger partial charge in [0.05, 0.1) is 0 Å². The van der Waals surface area contributed by atoms with Crippen LogP contribution >= 0.6 is 0 Å². The third kappa shape index (κ3) is 2.90. The van der Waals surface area contributed by atoms with Gasteiger partial charge >= 0.3 is 0 Å². The van der Waals surface area contributed by atoms with Gasteiger partial charge in [0.1, 0.15) is 0 Å². The van der Waals surface area contributed by atoms with Gasteiger partial charge in [-0.1, -0.05) is 31.5 Å². The summed E-state index contributed by atoms with van der Waals surface area (Å²) in [7, 11) is 0. The van der Waals surface area contributed by atoms with E-state index < -0.39 is 0 Å². The Morgan fingerprint density at radius 1 is 1.18 bits per heavy atom. The molecule has 0 radical (unpaired) electrons. The van der Waals surface area contributed by atoms with E-state index in [9.17, 15) is 0 Å². The van der Waals surface area contributed by atoms with Gasteiger partial charge in [0.25, 0.3) is 0 Å². The van der Waals surface area contributed by atoms with Crippen LogP contribution in [0.2, 0.25) is 0 Å². The molecule has 94 valence electrons. The molecular weight excluding hydrogens is 206 g/mol. The monoisotopic (exact) mass is 231 g/mol. The second-order valence-electron chi connectivity index (χ2n) is 5.75. The van der Waals surface area contributed by atoms with E-state index in [-0.39, 0.29) is 0 Å². The molecule has 3 atom stereocenters. The standard InChI is InChI=1S/C16H25N/c1-11-8-9-15(10-13(11)3)14(4)17-16-7-5-6-12(16)2/h8-10,12,14,16-17H,5-7H2,1-4H3. The van der Waals surface area contributed by atoms with Crippen molar-refractivity contribution < 1.29 is 0 Å². The van der Waals surface area contributed by atoms with Gasteiger partial charge in [0, 0.05) is 12.1 Å². The zero-order valence-corrected chi connectivity index (χ0v) is 11.6. The van der Waals surface area contributed by atoms with E-state index in [0.717, 1.165) is 5.92 Å². The first-order valence-electron chi connectivity index (χ1n) is 6.91. The summed E-state index contributed by atoms with van der Waals surface area (Å²) in [6.45, 7) is 9.03. The van der Waals surface area contributed by atoms with Crippen molar-refractivity contribution in [3.63, 3.8) is 0 Å². The SMILES string of the molecule is Cc1ccc(C(C)NC2CCCC2C)cc1C. The van der Waals surface area contributed by atoms with Crippen molar-refractivity contribution in [1.82, 2.24) is 5.32 Å². The Labute approximate surface area is 106 Å². The van der Waals surface area contributed by atoms with E-state index in [4.69, 9.17) is 0 Å². The van der Waals surface area contributed by atoms with Gasteiger partial charge in [-0.05, 0) is 56.2 Å². The lowest BCUT2D eigenvalue weighted by molar-refractivity contribution is 0.388. The Morgan fingerprint density at radius 2 is 1.94 bits per heavy atom. The maximum atomic E-state index is 3.79. The van der Waals surface area contributed by atoms with Crippen molar-refractivity contribution in [3.8, 4) is 0 Å². The summed E-state index contributed by atoms with van der Waals surface area (Å²) < 4.78 is 0. The molecule has 3 unspecified atom stereocenters. The number of benzene rings is 1. The first-order valence-corrected chi connectivity index (χ1v) is 6.91. The first-order chi connectivity index (χ1) is 8.08. The molecule has 1 aromatic carbocycles. The van der Waals surface area contributed by atoms with E-state index in [1.165, 1.54) is 36.0 Å². The Hall–Kier alpha value is -0.820. The number of hydrogen-bond donors (Lipinski definition) is 1. The van der Waals surface area contributed by atoms with Crippen molar-refractivity contribution in [2.75, 3.05) is 0 Å². The molecule has 1 heteroatoms. The lowest BCUT2D eigenvalue weighted by Gasteiger charge is -2.23. The molecule has 0 spiro atoms. The largest absolute Gasteiger partial charge is 0.307 e. The molecule has 0 saturated heterocycles. The van der Waals surface area contributed by atoms with E-state index in [2.05, 4.69) is 51.2 Å². The second-order valence-corrected chi connectivity index (χ2v) is 5.75. The van der Waals surface area contributed by atoms with Crippen LogP contribution in [0, 0.1) is 19.8 Å². The summed E-state index contributed by atoms with van der Waals surface area (Å²) >= 11 is 0. The zero-order chi connectivity index (χ0) is 12.4. The highest BCUT2D eigenvalue weighted by atomic mass is 15.0. The van der Waals surface area contributed by atoms with Crippen LogP contribution in [0.1, 0.15) is 55.8 Å². The predicted octanol–water partition coefficient (Wildman–Crippen LogP) is 4.14. The quantitative estimate of drug-likeness (QED) is 0.824. The molecule has 1 N–H and O–H groups in total. The van der Waals surface area contributed by atoms with Crippen LogP contribution in [0.5, 0.6) is 0 Å². The van der Waals surface area contributed by atoms with Crippen LogP contribution in [0.4, 0.5) is 0 Å². The fourth-order valence-electron chi connectivity index (χ4n) is 2.84. The van der Waals surface area contributed by atoms with Gasteiger partial charge in [-0.3, -0.25) is 0 Å². The van der Waals surface area contributed by atoms with Crippen LogP contribution in [0.25, 0.3) is 0 Å². The van der Waals surface area contributed by atoms with Gasteiger partial charge in [0.15, 0.2) is 0 Å². The topological polar surface area (TPSA) is 12.0 Å². The molecule has 0 aromatic heterocycles. The number of hydrogen-bond acceptors (Lipinski definition) is 1. The van der Waals surface area contributed by atoms with Crippen LogP contribution in [0.15, 0.2) is 18.2 Å². The Kier molecular flexibility index (Phi) is 3.88. The van der Waals surface area contributed by atoms with Crippen molar-refractivity contribution in [3.05, 3.63) is 34.9 Å². The first kappa shape index (κ1) is 12.6. The van der Waals surface area contributed by atoms with Gasteiger partial charge in [-0.25, -0.2) is 0 Å². The Bertz CT molecular complexity index is 383. The van der Waals surface area contributed by atoms with Gasteiger partial charge in [-0.15, -0.1) is 0 Å². The third-order valence-electron chi connectivity index (χ3n) is 4.36. The molecule has 2 rings (SSSR count). The summed E-state index contributed by atoms with van der Waals surface area (Å²) in [4.78, 5) is 0. The summed E-state index contributed by atoms with van der Waals surface area (Å²) in [5.41, 5.74) is 4.21. The molecule has 0 bridgehead atoms. The van der Waals surface area contributed by atoms with Crippen molar-refractivity contribution in [1.29, 1.82) is 0 Å². The molecule has 1 fully saturated rings. The highest BCUT2D eigenvalue weighted by Crippen LogP contribution is 2.27. The summed E-state index contributed by atoms with van der Waals surface area (Å²) in [6, 6.07) is 8.01. The minimum Gasteiger partial charge on any atom is -0.307 e. The lowest BCUT2D eigenvalue weighted by Crippen LogP contribution is -2.33. The predicted molar refractivity (Wildman–Crippen MR) is 74.3 cm³/mol. The molecule has 1 aliphatic carbocycles. The highest BCUT2D eigenvalue weighted by molar-refractivity contribution is 5.31. The Balaban J connectivity index is 2.03. The number of nitrogens with one attached hydrogen (secondary N) is 1. The molecule has 1 aromatic rings. The average molecular weight is 231 g/mol.